The van der Waals surface area contributed by atoms with E-state index in [2.05, 4.69) is 42.2 Å². The molecule has 2 aromatic rings. The van der Waals surface area contributed by atoms with E-state index in [9.17, 15) is 4.79 Å². The monoisotopic (exact) mass is 384 g/mol. The van der Waals surface area contributed by atoms with Crippen molar-refractivity contribution in [2.45, 2.75) is 38.6 Å². The fraction of sp³-hybridized carbons (Fsp3) is 0.435. The molecule has 1 atom stereocenters. The van der Waals surface area contributed by atoms with Gasteiger partial charge in [-0.05, 0) is 55.1 Å². The number of hydrogen-bond acceptors (Lipinski definition) is 2. The first-order valence-electron chi connectivity index (χ1n) is 9.88. The maximum atomic E-state index is 13.1. The molecule has 0 bridgehead atoms. The van der Waals surface area contributed by atoms with Crippen molar-refractivity contribution in [1.29, 1.82) is 0 Å². The van der Waals surface area contributed by atoms with Crippen LogP contribution in [0.2, 0.25) is 5.02 Å². The van der Waals surface area contributed by atoms with Crippen molar-refractivity contribution in [3.8, 4) is 0 Å². The van der Waals surface area contributed by atoms with Crippen LogP contribution in [0, 0.1) is 0 Å². The Hall–Kier alpha value is -1.84. The zero-order valence-electron chi connectivity index (χ0n) is 16.3. The van der Waals surface area contributed by atoms with Gasteiger partial charge < -0.3 is 9.80 Å². The summed E-state index contributed by atoms with van der Waals surface area (Å²) < 4.78 is 0. The highest BCUT2D eigenvalue weighted by molar-refractivity contribution is 6.31. The van der Waals surface area contributed by atoms with Gasteiger partial charge >= 0.3 is 0 Å². The summed E-state index contributed by atoms with van der Waals surface area (Å²) in [5.74, 6) is 0.146. The Morgan fingerprint density at radius 3 is 2.52 bits per heavy atom. The summed E-state index contributed by atoms with van der Waals surface area (Å²) >= 11 is 6.22. The first-order chi connectivity index (χ1) is 13.1. The van der Waals surface area contributed by atoms with E-state index in [0.29, 0.717) is 6.42 Å². The third-order valence-corrected chi connectivity index (χ3v) is 5.89. The van der Waals surface area contributed by atoms with Crippen LogP contribution in [0.5, 0.6) is 0 Å². The SMILES string of the molecule is CCc1cc(CC(=O)N(C)C(CN2CCCC2)c2ccccc2)ccc1Cl. The molecule has 0 N–H and O–H groups in total. The molecule has 3 rings (SSSR count). The third kappa shape index (κ3) is 5.12. The molecule has 1 fully saturated rings. The van der Waals surface area contributed by atoms with Crippen LogP contribution in [0.4, 0.5) is 0 Å². The zero-order chi connectivity index (χ0) is 19.2. The minimum absolute atomic E-state index is 0.0785. The number of carbonyl (C=O) groups excluding carboxylic acids is 1. The highest BCUT2D eigenvalue weighted by Gasteiger charge is 2.25. The van der Waals surface area contributed by atoms with Gasteiger partial charge in [0.1, 0.15) is 0 Å². The van der Waals surface area contributed by atoms with Crippen molar-refractivity contribution < 1.29 is 4.79 Å². The quantitative estimate of drug-likeness (QED) is 0.688. The second-order valence-corrected chi connectivity index (χ2v) is 7.80. The predicted molar refractivity (Wildman–Crippen MR) is 112 cm³/mol. The molecule has 1 saturated heterocycles. The summed E-state index contributed by atoms with van der Waals surface area (Å²) in [6, 6.07) is 16.4. The molecule has 0 radical (unpaired) electrons. The zero-order valence-corrected chi connectivity index (χ0v) is 17.1. The van der Waals surface area contributed by atoms with Gasteiger partial charge in [-0.25, -0.2) is 0 Å². The summed E-state index contributed by atoms with van der Waals surface area (Å²) in [7, 11) is 1.94. The molecular weight excluding hydrogens is 356 g/mol. The van der Waals surface area contributed by atoms with Crippen molar-refractivity contribution in [3.63, 3.8) is 0 Å². The predicted octanol–water partition coefficient (Wildman–Crippen LogP) is 4.74. The van der Waals surface area contributed by atoms with Crippen LogP contribution in [-0.2, 0) is 17.6 Å². The topological polar surface area (TPSA) is 23.6 Å². The fourth-order valence-electron chi connectivity index (χ4n) is 3.82. The van der Waals surface area contributed by atoms with Crippen molar-refractivity contribution in [3.05, 3.63) is 70.2 Å². The number of halogens is 1. The number of likely N-dealkylation sites (tertiary alicyclic amines) is 1. The lowest BCUT2D eigenvalue weighted by Crippen LogP contribution is -2.39. The molecule has 27 heavy (non-hydrogen) atoms. The van der Waals surface area contributed by atoms with Crippen LogP contribution >= 0.6 is 11.6 Å². The summed E-state index contributed by atoms with van der Waals surface area (Å²) in [5, 5.41) is 0.776. The van der Waals surface area contributed by atoms with Crippen LogP contribution in [-0.4, -0.2) is 42.4 Å². The van der Waals surface area contributed by atoms with Crippen LogP contribution in [0.3, 0.4) is 0 Å². The molecule has 3 nitrogen and oxygen atoms in total. The molecule has 1 aliphatic rings. The summed E-state index contributed by atoms with van der Waals surface area (Å²) in [6.07, 6.45) is 3.79. The number of carbonyl (C=O) groups is 1. The van der Waals surface area contributed by atoms with Crippen LogP contribution < -0.4 is 0 Å². The molecule has 4 heteroatoms. The van der Waals surface area contributed by atoms with Gasteiger partial charge in [-0.3, -0.25) is 4.79 Å². The standard InChI is InChI=1S/C23H29ClN2O/c1-3-19-15-18(11-12-21(19)24)16-23(27)25(2)22(17-26-13-7-8-14-26)20-9-5-4-6-10-20/h4-6,9-12,15,22H,3,7-8,13-14,16-17H2,1-2H3. The Morgan fingerprint density at radius 2 is 1.85 bits per heavy atom. The number of nitrogens with zero attached hydrogens (tertiary/aromatic N) is 2. The van der Waals surface area contributed by atoms with E-state index in [1.54, 1.807) is 0 Å². The fourth-order valence-corrected chi connectivity index (χ4v) is 4.07. The smallest absolute Gasteiger partial charge is 0.227 e. The van der Waals surface area contributed by atoms with Gasteiger partial charge in [0.05, 0.1) is 12.5 Å². The van der Waals surface area contributed by atoms with E-state index in [0.717, 1.165) is 42.2 Å². The Labute approximate surface area is 167 Å². The normalized spacial score (nSPS) is 15.7. The van der Waals surface area contributed by atoms with Crippen molar-refractivity contribution in [2.75, 3.05) is 26.7 Å². The lowest BCUT2D eigenvalue weighted by atomic mass is 10.0. The van der Waals surface area contributed by atoms with Crippen molar-refractivity contribution >= 4 is 17.5 Å². The molecule has 0 spiro atoms. The number of amides is 1. The molecule has 1 unspecified atom stereocenters. The lowest BCUT2D eigenvalue weighted by molar-refractivity contribution is -0.131. The van der Waals surface area contributed by atoms with Gasteiger partial charge in [0.2, 0.25) is 5.91 Å². The molecule has 2 aromatic carbocycles. The van der Waals surface area contributed by atoms with Crippen LogP contribution in [0.25, 0.3) is 0 Å². The largest absolute Gasteiger partial charge is 0.337 e. The molecule has 0 aromatic heterocycles. The highest BCUT2D eigenvalue weighted by atomic mass is 35.5. The minimum atomic E-state index is 0.0785. The second-order valence-electron chi connectivity index (χ2n) is 7.39. The molecule has 1 aliphatic heterocycles. The van der Waals surface area contributed by atoms with E-state index < -0.39 is 0 Å². The summed E-state index contributed by atoms with van der Waals surface area (Å²) in [6.45, 7) is 5.23. The van der Waals surface area contributed by atoms with E-state index >= 15 is 0 Å². The van der Waals surface area contributed by atoms with Gasteiger partial charge in [0, 0.05) is 18.6 Å². The van der Waals surface area contributed by atoms with Crippen molar-refractivity contribution in [2.24, 2.45) is 0 Å². The average molecular weight is 385 g/mol. The molecule has 144 valence electrons. The Bertz CT molecular complexity index is 756. The lowest BCUT2D eigenvalue weighted by Gasteiger charge is -2.32. The molecular formula is C23H29ClN2O. The van der Waals surface area contributed by atoms with Crippen molar-refractivity contribution in [1.82, 2.24) is 9.80 Å². The molecule has 0 saturated carbocycles. The van der Waals surface area contributed by atoms with E-state index in [1.165, 1.54) is 18.4 Å². The third-order valence-electron chi connectivity index (χ3n) is 5.52. The maximum Gasteiger partial charge on any atom is 0.227 e. The highest BCUT2D eigenvalue weighted by Crippen LogP contribution is 2.24. The first kappa shape index (κ1) is 19.9. The maximum absolute atomic E-state index is 13.1. The van der Waals surface area contributed by atoms with E-state index in [-0.39, 0.29) is 11.9 Å². The van der Waals surface area contributed by atoms with E-state index in [4.69, 9.17) is 11.6 Å². The van der Waals surface area contributed by atoms with Gasteiger partial charge in [-0.2, -0.15) is 0 Å². The Morgan fingerprint density at radius 1 is 1.15 bits per heavy atom. The second kappa shape index (κ2) is 9.38. The number of rotatable bonds is 7. The Balaban J connectivity index is 1.76. The summed E-state index contributed by atoms with van der Waals surface area (Å²) in [5.41, 5.74) is 3.33. The number of hydrogen-bond donors (Lipinski definition) is 0. The average Bonchev–Trinajstić information content (AvgIpc) is 3.21. The number of aryl methyl sites for hydroxylation is 1. The molecule has 0 aliphatic carbocycles. The number of benzene rings is 2. The van der Waals surface area contributed by atoms with E-state index in [1.807, 2.05) is 30.1 Å². The molecule has 1 heterocycles. The van der Waals surface area contributed by atoms with Crippen LogP contribution in [0.15, 0.2) is 48.5 Å². The van der Waals surface area contributed by atoms with Crippen LogP contribution in [0.1, 0.15) is 42.5 Å². The minimum Gasteiger partial charge on any atom is -0.337 e. The summed E-state index contributed by atoms with van der Waals surface area (Å²) in [4.78, 5) is 17.5. The first-order valence-corrected chi connectivity index (χ1v) is 10.3. The van der Waals surface area contributed by atoms with Gasteiger partial charge in [0.25, 0.3) is 0 Å². The number of likely N-dealkylation sites (N-methyl/N-ethyl adjacent to an activating group) is 1. The Kier molecular flexibility index (Phi) is 6.92. The molecule has 1 amide bonds. The van der Waals surface area contributed by atoms with Gasteiger partial charge in [-0.15, -0.1) is 0 Å². The van der Waals surface area contributed by atoms with Gasteiger partial charge in [0.15, 0.2) is 0 Å². The van der Waals surface area contributed by atoms with Gasteiger partial charge in [-0.1, -0.05) is 61.0 Å².